The van der Waals surface area contributed by atoms with E-state index >= 15 is 0 Å². The Hall–Kier alpha value is -1.34. The van der Waals surface area contributed by atoms with Gasteiger partial charge in [-0.3, -0.25) is 14.2 Å². The van der Waals surface area contributed by atoms with Gasteiger partial charge in [-0.25, -0.2) is 4.98 Å². The van der Waals surface area contributed by atoms with Gasteiger partial charge < -0.3 is 4.90 Å². The molecule has 0 saturated carbocycles. The lowest BCUT2D eigenvalue weighted by Crippen LogP contribution is -2.35. The average molecular weight is 351 g/mol. The number of thioether (sulfide) groups is 1. The number of fused-ring (bicyclic) bond motifs is 1. The summed E-state index contributed by atoms with van der Waals surface area (Å²) < 4.78 is 1.54. The number of likely N-dealkylation sites (tertiary alicyclic amines) is 1. The summed E-state index contributed by atoms with van der Waals surface area (Å²) in [6.07, 6.45) is 5.89. The molecule has 1 saturated heterocycles. The highest BCUT2D eigenvalue weighted by atomic mass is 32.2. The van der Waals surface area contributed by atoms with Crippen LogP contribution in [0.3, 0.4) is 0 Å². The fraction of sp³-hybridized carbons (Fsp3) is 0.562. The van der Waals surface area contributed by atoms with Crippen molar-refractivity contribution in [3.05, 3.63) is 21.8 Å². The second-order valence-electron chi connectivity index (χ2n) is 5.84. The van der Waals surface area contributed by atoms with E-state index in [1.165, 1.54) is 42.4 Å². The predicted octanol–water partition coefficient (Wildman–Crippen LogP) is 2.88. The van der Waals surface area contributed by atoms with Crippen molar-refractivity contribution in [3.8, 4) is 0 Å². The van der Waals surface area contributed by atoms with E-state index in [1.807, 2.05) is 10.3 Å². The molecule has 0 aromatic carbocycles. The van der Waals surface area contributed by atoms with E-state index in [2.05, 4.69) is 4.98 Å². The smallest absolute Gasteiger partial charge is 0.262 e. The molecule has 0 bridgehead atoms. The molecule has 1 amide bonds. The van der Waals surface area contributed by atoms with E-state index in [0.717, 1.165) is 30.8 Å². The molecule has 0 unspecified atom stereocenters. The van der Waals surface area contributed by atoms with Gasteiger partial charge in [0.05, 0.1) is 11.1 Å². The number of carbonyl (C=O) groups excluding carboxylic acids is 1. The minimum atomic E-state index is -0.0440. The van der Waals surface area contributed by atoms with Gasteiger partial charge in [0.15, 0.2) is 5.16 Å². The van der Waals surface area contributed by atoms with E-state index in [0.29, 0.717) is 16.3 Å². The van der Waals surface area contributed by atoms with Gasteiger partial charge in [0.25, 0.3) is 5.56 Å². The molecular formula is C16H21N3O2S2. The number of thiophene rings is 1. The first-order chi connectivity index (χ1) is 11.2. The number of hydrogen-bond acceptors (Lipinski definition) is 5. The van der Waals surface area contributed by atoms with Gasteiger partial charge in [-0.05, 0) is 24.3 Å². The van der Waals surface area contributed by atoms with E-state index in [4.69, 9.17) is 0 Å². The highest BCUT2D eigenvalue weighted by molar-refractivity contribution is 7.99. The minimum Gasteiger partial charge on any atom is -0.342 e. The Balaban J connectivity index is 1.68. The lowest BCUT2D eigenvalue weighted by atomic mass is 10.1. The zero-order valence-corrected chi connectivity index (χ0v) is 14.9. The largest absolute Gasteiger partial charge is 0.342 e. The Labute approximate surface area is 143 Å². The topological polar surface area (TPSA) is 55.2 Å². The van der Waals surface area contributed by atoms with E-state index < -0.39 is 0 Å². The Morgan fingerprint density at radius 2 is 1.96 bits per heavy atom. The number of aromatic nitrogens is 2. The highest BCUT2D eigenvalue weighted by Gasteiger charge is 2.17. The number of carbonyl (C=O) groups is 1. The Bertz CT molecular complexity index is 745. The van der Waals surface area contributed by atoms with Gasteiger partial charge >= 0.3 is 0 Å². The molecule has 0 radical (unpaired) electrons. The summed E-state index contributed by atoms with van der Waals surface area (Å²) in [6.45, 7) is 1.71. The van der Waals surface area contributed by atoms with Crippen LogP contribution >= 0.6 is 23.1 Å². The second-order valence-corrected chi connectivity index (χ2v) is 7.67. The van der Waals surface area contributed by atoms with Crippen LogP contribution in [0.5, 0.6) is 0 Å². The van der Waals surface area contributed by atoms with Gasteiger partial charge in [0.1, 0.15) is 4.83 Å². The van der Waals surface area contributed by atoms with Crippen molar-refractivity contribution in [2.75, 3.05) is 18.8 Å². The maximum Gasteiger partial charge on any atom is 0.262 e. The van der Waals surface area contributed by atoms with Crippen molar-refractivity contribution in [1.82, 2.24) is 14.5 Å². The molecular weight excluding hydrogens is 330 g/mol. The van der Waals surface area contributed by atoms with Crippen LogP contribution in [0.4, 0.5) is 0 Å². The summed E-state index contributed by atoms with van der Waals surface area (Å²) in [5.74, 6) is 0.495. The molecule has 0 aliphatic carbocycles. The minimum absolute atomic E-state index is 0.0440. The van der Waals surface area contributed by atoms with Crippen molar-refractivity contribution in [1.29, 1.82) is 0 Å². The standard InChI is InChI=1S/C16H21N3O2S2/c1-18-15(21)12-7-10-22-14(12)17-16(18)23-11-13(20)19-8-5-3-2-4-6-9-19/h7,10H,2-6,8-9,11H2,1H3. The molecule has 3 rings (SSSR count). The lowest BCUT2D eigenvalue weighted by Gasteiger charge is -2.24. The number of rotatable bonds is 3. The normalized spacial score (nSPS) is 16.3. The average Bonchev–Trinajstić information content (AvgIpc) is 2.97. The number of hydrogen-bond donors (Lipinski definition) is 0. The van der Waals surface area contributed by atoms with Gasteiger partial charge in [0, 0.05) is 20.1 Å². The van der Waals surface area contributed by atoms with Crippen LogP contribution < -0.4 is 5.56 Å². The highest BCUT2D eigenvalue weighted by Crippen LogP contribution is 2.21. The molecule has 2 aromatic rings. The summed E-state index contributed by atoms with van der Waals surface area (Å²) in [4.78, 5) is 31.9. The van der Waals surface area contributed by atoms with Gasteiger partial charge in [-0.2, -0.15) is 0 Å². The van der Waals surface area contributed by atoms with Gasteiger partial charge in [0.2, 0.25) is 5.91 Å². The van der Waals surface area contributed by atoms with Crippen LogP contribution in [0, 0.1) is 0 Å². The maximum atomic E-state index is 12.4. The summed E-state index contributed by atoms with van der Waals surface area (Å²) in [5.41, 5.74) is -0.0440. The molecule has 2 aromatic heterocycles. The first-order valence-electron chi connectivity index (χ1n) is 8.01. The maximum absolute atomic E-state index is 12.4. The fourth-order valence-electron chi connectivity index (χ4n) is 2.82. The molecule has 0 atom stereocenters. The van der Waals surface area contributed by atoms with Gasteiger partial charge in [-0.1, -0.05) is 31.0 Å². The lowest BCUT2D eigenvalue weighted by molar-refractivity contribution is -0.128. The first kappa shape index (κ1) is 16.5. The van der Waals surface area contributed by atoms with Gasteiger partial charge in [-0.15, -0.1) is 11.3 Å². The monoisotopic (exact) mass is 351 g/mol. The van der Waals surface area contributed by atoms with E-state index in [9.17, 15) is 9.59 Å². The molecule has 3 heterocycles. The molecule has 1 aliphatic heterocycles. The Morgan fingerprint density at radius 1 is 1.26 bits per heavy atom. The molecule has 1 fully saturated rings. The van der Waals surface area contributed by atoms with Crippen molar-refractivity contribution in [3.63, 3.8) is 0 Å². The van der Waals surface area contributed by atoms with Crippen molar-refractivity contribution in [2.45, 2.75) is 37.3 Å². The molecule has 7 heteroatoms. The third kappa shape index (κ3) is 3.77. The second kappa shape index (κ2) is 7.49. The number of amides is 1. The molecule has 1 aliphatic rings. The van der Waals surface area contributed by atoms with Crippen LogP contribution in [-0.2, 0) is 11.8 Å². The van der Waals surface area contributed by atoms with Crippen molar-refractivity contribution >= 4 is 39.2 Å². The van der Waals surface area contributed by atoms with Crippen molar-refractivity contribution < 1.29 is 4.79 Å². The van der Waals surface area contributed by atoms with Crippen LogP contribution in [0.25, 0.3) is 10.2 Å². The third-order valence-electron chi connectivity index (χ3n) is 4.20. The summed E-state index contributed by atoms with van der Waals surface area (Å²) in [7, 11) is 1.72. The third-order valence-corrected chi connectivity index (χ3v) is 6.02. The van der Waals surface area contributed by atoms with Crippen molar-refractivity contribution in [2.24, 2.45) is 7.05 Å². The molecule has 0 N–H and O–H groups in total. The number of nitrogens with zero attached hydrogens (tertiary/aromatic N) is 3. The zero-order chi connectivity index (χ0) is 16.2. The molecule has 0 spiro atoms. The quantitative estimate of drug-likeness (QED) is 0.630. The van der Waals surface area contributed by atoms with Crippen LogP contribution in [0.15, 0.2) is 21.4 Å². The summed E-state index contributed by atoms with van der Waals surface area (Å²) in [6, 6.07) is 1.80. The first-order valence-corrected chi connectivity index (χ1v) is 9.88. The Morgan fingerprint density at radius 3 is 2.70 bits per heavy atom. The summed E-state index contributed by atoms with van der Waals surface area (Å²) in [5, 5.41) is 3.14. The van der Waals surface area contributed by atoms with Crippen LogP contribution in [0.1, 0.15) is 32.1 Å². The van der Waals surface area contributed by atoms with Crippen LogP contribution in [0.2, 0.25) is 0 Å². The molecule has 23 heavy (non-hydrogen) atoms. The van der Waals surface area contributed by atoms with E-state index in [1.54, 1.807) is 17.7 Å². The Kier molecular flexibility index (Phi) is 5.38. The van der Waals surface area contributed by atoms with Crippen LogP contribution in [-0.4, -0.2) is 39.2 Å². The molecule has 124 valence electrons. The van der Waals surface area contributed by atoms with E-state index in [-0.39, 0.29) is 11.5 Å². The SMILES string of the molecule is Cn1c(SCC(=O)N2CCCCCCC2)nc2sccc2c1=O. The fourth-order valence-corrected chi connectivity index (χ4v) is 4.50. The molecule has 5 nitrogen and oxygen atoms in total. The summed E-state index contributed by atoms with van der Waals surface area (Å²) >= 11 is 2.82. The predicted molar refractivity (Wildman–Crippen MR) is 95.3 cm³/mol. The zero-order valence-electron chi connectivity index (χ0n) is 13.3.